The van der Waals surface area contributed by atoms with Gasteiger partial charge in [-0.3, -0.25) is 9.69 Å². The number of benzene rings is 1. The Hall–Kier alpha value is -1.35. The highest BCUT2D eigenvalue weighted by molar-refractivity contribution is 5.92. The summed E-state index contributed by atoms with van der Waals surface area (Å²) in [6.07, 6.45) is 6.68. The molecule has 1 saturated carbocycles. The van der Waals surface area contributed by atoms with Crippen LogP contribution in [0.2, 0.25) is 0 Å². The average Bonchev–Trinajstić information content (AvgIpc) is 2.50. The molecule has 1 fully saturated rings. The number of amides is 1. The fourth-order valence-electron chi connectivity index (χ4n) is 2.98. The van der Waals surface area contributed by atoms with Gasteiger partial charge in [0.15, 0.2) is 0 Å². The molecule has 1 aliphatic rings. The number of rotatable bonds is 5. The highest BCUT2D eigenvalue weighted by Crippen LogP contribution is 2.25. The van der Waals surface area contributed by atoms with Crippen LogP contribution in [0.3, 0.4) is 0 Å². The molecule has 0 aliphatic heterocycles. The number of nitrogens with zero attached hydrogens (tertiary/aromatic N) is 1. The molecule has 1 N–H and O–H groups in total. The zero-order valence-corrected chi connectivity index (χ0v) is 13.6. The van der Waals surface area contributed by atoms with Crippen LogP contribution in [-0.2, 0) is 11.3 Å². The van der Waals surface area contributed by atoms with Crippen molar-refractivity contribution in [3.05, 3.63) is 29.8 Å². The lowest BCUT2D eigenvalue weighted by Gasteiger charge is -2.31. The quantitative estimate of drug-likeness (QED) is 0.886. The Labute approximate surface area is 128 Å². The van der Waals surface area contributed by atoms with Gasteiger partial charge in [-0.2, -0.15) is 0 Å². The first kappa shape index (κ1) is 16.0. The van der Waals surface area contributed by atoms with Crippen LogP contribution in [0.25, 0.3) is 0 Å². The molecule has 0 saturated heterocycles. The lowest BCUT2D eigenvalue weighted by atomic mass is 9.94. The van der Waals surface area contributed by atoms with Crippen molar-refractivity contribution >= 4 is 11.6 Å². The Bertz CT molecular complexity index is 464. The van der Waals surface area contributed by atoms with Gasteiger partial charge in [0, 0.05) is 24.2 Å². The fraction of sp³-hybridized carbons (Fsp3) is 0.611. The largest absolute Gasteiger partial charge is 0.326 e. The minimum Gasteiger partial charge on any atom is -0.326 e. The van der Waals surface area contributed by atoms with Crippen molar-refractivity contribution in [1.29, 1.82) is 0 Å². The third-order valence-electron chi connectivity index (χ3n) is 4.42. The number of carbonyl (C=O) groups excluding carboxylic acids is 1. The molecular formula is C18H28N2O. The molecule has 0 atom stereocenters. The predicted octanol–water partition coefficient (Wildman–Crippen LogP) is 4.05. The maximum atomic E-state index is 11.9. The van der Waals surface area contributed by atoms with Gasteiger partial charge in [0.05, 0.1) is 0 Å². The van der Waals surface area contributed by atoms with Crippen molar-refractivity contribution < 1.29 is 4.79 Å². The van der Waals surface area contributed by atoms with E-state index >= 15 is 0 Å². The van der Waals surface area contributed by atoms with Crippen LogP contribution in [0, 0.1) is 5.92 Å². The number of hydrogen-bond acceptors (Lipinski definition) is 2. The summed E-state index contributed by atoms with van der Waals surface area (Å²) < 4.78 is 0. The molecule has 21 heavy (non-hydrogen) atoms. The highest BCUT2D eigenvalue weighted by Gasteiger charge is 2.19. The summed E-state index contributed by atoms with van der Waals surface area (Å²) >= 11 is 0. The summed E-state index contributed by atoms with van der Waals surface area (Å²) in [4.78, 5) is 14.4. The smallest absolute Gasteiger partial charge is 0.226 e. The van der Waals surface area contributed by atoms with E-state index in [0.29, 0.717) is 6.04 Å². The molecule has 3 nitrogen and oxygen atoms in total. The zero-order chi connectivity index (χ0) is 15.2. The molecule has 1 amide bonds. The van der Waals surface area contributed by atoms with Gasteiger partial charge < -0.3 is 5.32 Å². The molecule has 0 spiro atoms. The Balaban J connectivity index is 2.03. The van der Waals surface area contributed by atoms with Crippen molar-refractivity contribution in [2.45, 2.75) is 58.5 Å². The van der Waals surface area contributed by atoms with Crippen LogP contribution in [-0.4, -0.2) is 23.9 Å². The first-order valence-electron chi connectivity index (χ1n) is 8.17. The second kappa shape index (κ2) is 7.60. The van der Waals surface area contributed by atoms with Crippen molar-refractivity contribution in [3.63, 3.8) is 0 Å². The van der Waals surface area contributed by atoms with E-state index in [0.717, 1.165) is 12.2 Å². The summed E-state index contributed by atoms with van der Waals surface area (Å²) in [5.74, 6) is 0.0944. The summed E-state index contributed by atoms with van der Waals surface area (Å²) in [5, 5.41) is 3.05. The molecule has 1 aromatic rings. The minimum atomic E-state index is 0.00845. The van der Waals surface area contributed by atoms with Crippen molar-refractivity contribution in [2.24, 2.45) is 5.92 Å². The van der Waals surface area contributed by atoms with Crippen molar-refractivity contribution in [2.75, 3.05) is 12.4 Å². The number of hydrogen-bond donors (Lipinski definition) is 1. The van der Waals surface area contributed by atoms with E-state index in [-0.39, 0.29) is 11.8 Å². The standard InChI is InChI=1S/C18H28N2O/c1-14(2)18(21)19-17-12-8-7-9-15(17)13-20(3)16-10-5-4-6-11-16/h7-9,12,14,16H,4-6,10-11,13H2,1-3H3,(H,19,21). The van der Waals surface area contributed by atoms with Crippen LogP contribution in [0.5, 0.6) is 0 Å². The van der Waals surface area contributed by atoms with E-state index in [2.05, 4.69) is 29.4 Å². The van der Waals surface area contributed by atoms with E-state index in [1.54, 1.807) is 0 Å². The van der Waals surface area contributed by atoms with E-state index in [9.17, 15) is 4.79 Å². The molecule has 1 aromatic carbocycles. The molecule has 0 unspecified atom stereocenters. The number of anilines is 1. The lowest BCUT2D eigenvalue weighted by molar-refractivity contribution is -0.118. The molecule has 3 heteroatoms. The van der Waals surface area contributed by atoms with Gasteiger partial charge in [0.2, 0.25) is 5.91 Å². The maximum Gasteiger partial charge on any atom is 0.226 e. The van der Waals surface area contributed by atoms with Gasteiger partial charge in [-0.05, 0) is 31.5 Å². The van der Waals surface area contributed by atoms with Gasteiger partial charge >= 0.3 is 0 Å². The topological polar surface area (TPSA) is 32.3 Å². The van der Waals surface area contributed by atoms with Crippen LogP contribution < -0.4 is 5.32 Å². The number of nitrogens with one attached hydrogen (secondary N) is 1. The highest BCUT2D eigenvalue weighted by atomic mass is 16.1. The monoisotopic (exact) mass is 288 g/mol. The minimum absolute atomic E-state index is 0.00845. The van der Waals surface area contributed by atoms with E-state index in [1.807, 2.05) is 26.0 Å². The predicted molar refractivity (Wildman–Crippen MR) is 88.2 cm³/mol. The maximum absolute atomic E-state index is 11.9. The van der Waals surface area contributed by atoms with Gasteiger partial charge in [-0.1, -0.05) is 51.3 Å². The first-order valence-corrected chi connectivity index (χ1v) is 8.17. The molecular weight excluding hydrogens is 260 g/mol. The van der Waals surface area contributed by atoms with Crippen molar-refractivity contribution in [3.8, 4) is 0 Å². The van der Waals surface area contributed by atoms with E-state index in [4.69, 9.17) is 0 Å². The Morgan fingerprint density at radius 1 is 1.24 bits per heavy atom. The summed E-state index contributed by atoms with van der Waals surface area (Å²) in [6, 6.07) is 8.85. The lowest BCUT2D eigenvalue weighted by Crippen LogP contribution is -2.33. The van der Waals surface area contributed by atoms with Gasteiger partial charge in [-0.25, -0.2) is 0 Å². The third-order valence-corrected chi connectivity index (χ3v) is 4.42. The summed E-state index contributed by atoms with van der Waals surface area (Å²) in [6.45, 7) is 4.75. The Morgan fingerprint density at radius 3 is 2.57 bits per heavy atom. The molecule has 0 bridgehead atoms. The molecule has 0 radical (unpaired) electrons. The van der Waals surface area contributed by atoms with Gasteiger partial charge in [0.1, 0.15) is 0 Å². The fourth-order valence-corrected chi connectivity index (χ4v) is 2.98. The van der Waals surface area contributed by atoms with Crippen LogP contribution in [0.4, 0.5) is 5.69 Å². The van der Waals surface area contributed by atoms with Gasteiger partial charge in [0.25, 0.3) is 0 Å². The number of carbonyl (C=O) groups is 1. The van der Waals surface area contributed by atoms with E-state index in [1.165, 1.54) is 37.7 Å². The van der Waals surface area contributed by atoms with Crippen molar-refractivity contribution in [1.82, 2.24) is 4.90 Å². The summed E-state index contributed by atoms with van der Waals surface area (Å²) in [7, 11) is 2.21. The summed E-state index contributed by atoms with van der Waals surface area (Å²) in [5.41, 5.74) is 2.17. The molecule has 0 heterocycles. The third kappa shape index (κ3) is 4.57. The van der Waals surface area contributed by atoms with Gasteiger partial charge in [-0.15, -0.1) is 0 Å². The van der Waals surface area contributed by atoms with Crippen LogP contribution in [0.15, 0.2) is 24.3 Å². The first-order chi connectivity index (χ1) is 10.1. The molecule has 1 aliphatic carbocycles. The molecule has 2 rings (SSSR count). The molecule has 0 aromatic heterocycles. The van der Waals surface area contributed by atoms with E-state index < -0.39 is 0 Å². The Morgan fingerprint density at radius 2 is 1.90 bits per heavy atom. The zero-order valence-electron chi connectivity index (χ0n) is 13.6. The Kier molecular flexibility index (Phi) is 5.80. The van der Waals surface area contributed by atoms with Crippen LogP contribution in [0.1, 0.15) is 51.5 Å². The second-order valence-electron chi connectivity index (χ2n) is 6.51. The van der Waals surface area contributed by atoms with Crippen LogP contribution >= 0.6 is 0 Å². The normalized spacial score (nSPS) is 16.4. The number of para-hydroxylation sites is 1. The molecule has 116 valence electrons. The average molecular weight is 288 g/mol. The second-order valence-corrected chi connectivity index (χ2v) is 6.51. The SMILES string of the molecule is CC(C)C(=O)Nc1ccccc1CN(C)C1CCCCC1.